The summed E-state index contributed by atoms with van der Waals surface area (Å²) < 4.78 is 74.4. The van der Waals surface area contributed by atoms with Crippen molar-refractivity contribution in [2.75, 3.05) is 18.0 Å². The Balaban J connectivity index is 1.72. The number of halogens is 5. The zero-order valence-corrected chi connectivity index (χ0v) is 20.8. The van der Waals surface area contributed by atoms with Crippen molar-refractivity contribution in [2.45, 2.75) is 57.5 Å². The van der Waals surface area contributed by atoms with E-state index in [2.05, 4.69) is 4.98 Å². The Bertz CT molecular complexity index is 1250. The molecule has 0 atom stereocenters. The van der Waals surface area contributed by atoms with E-state index in [0.29, 0.717) is 17.0 Å². The van der Waals surface area contributed by atoms with Gasteiger partial charge in [-0.25, -0.2) is 28.3 Å². The predicted molar refractivity (Wildman–Crippen MR) is 124 cm³/mol. The number of imide groups is 1. The van der Waals surface area contributed by atoms with Crippen LogP contribution in [0.5, 0.6) is 0 Å². The minimum Gasteiger partial charge on any atom is -0.444 e. The van der Waals surface area contributed by atoms with Crippen molar-refractivity contribution in [3.8, 4) is 0 Å². The predicted octanol–water partition coefficient (Wildman–Crippen LogP) is 5.12. The Labute approximate surface area is 215 Å². The maximum atomic E-state index is 14.5. The molecule has 204 valence electrons. The summed E-state index contributed by atoms with van der Waals surface area (Å²) in [5.74, 6) is -3.38. The Morgan fingerprint density at radius 1 is 1.05 bits per heavy atom. The lowest BCUT2D eigenvalue weighted by atomic mass is 9.85. The second-order valence-electron chi connectivity index (χ2n) is 10.1. The van der Waals surface area contributed by atoms with Gasteiger partial charge in [0.1, 0.15) is 28.6 Å². The lowest BCUT2D eigenvalue weighted by Gasteiger charge is -2.42. The Hall–Kier alpha value is -3.77. The quantitative estimate of drug-likeness (QED) is 0.399. The highest BCUT2D eigenvalue weighted by Gasteiger charge is 2.59. The van der Waals surface area contributed by atoms with Gasteiger partial charge in [-0.05, 0) is 57.9 Å². The molecule has 0 saturated carbocycles. The van der Waals surface area contributed by atoms with Gasteiger partial charge in [-0.3, -0.25) is 4.79 Å². The van der Waals surface area contributed by atoms with Gasteiger partial charge in [0.2, 0.25) is 0 Å². The molecule has 2 saturated heterocycles. The van der Waals surface area contributed by atoms with Crippen LogP contribution in [-0.4, -0.2) is 57.0 Å². The van der Waals surface area contributed by atoms with E-state index in [1.807, 2.05) is 0 Å². The molecule has 0 bridgehead atoms. The number of alkyl halides is 3. The van der Waals surface area contributed by atoms with Crippen LogP contribution in [0.15, 0.2) is 36.5 Å². The number of anilines is 1. The summed E-state index contributed by atoms with van der Waals surface area (Å²) in [6, 6.07) is 3.30. The molecule has 0 aliphatic carbocycles. The van der Waals surface area contributed by atoms with E-state index in [9.17, 15) is 36.3 Å². The van der Waals surface area contributed by atoms with Crippen LogP contribution >= 0.6 is 0 Å². The van der Waals surface area contributed by atoms with Crippen molar-refractivity contribution < 1.29 is 41.1 Å². The van der Waals surface area contributed by atoms with Gasteiger partial charge in [0.15, 0.2) is 0 Å². The summed E-state index contributed by atoms with van der Waals surface area (Å²) in [6.45, 7) is 4.29. The lowest BCUT2D eigenvalue weighted by Crippen LogP contribution is -2.57. The third-order valence-electron chi connectivity index (χ3n) is 6.46. The van der Waals surface area contributed by atoms with Gasteiger partial charge < -0.3 is 14.5 Å². The fourth-order valence-corrected chi connectivity index (χ4v) is 4.56. The monoisotopic (exact) mass is 540 g/mol. The highest BCUT2D eigenvalue weighted by Crippen LogP contribution is 2.41. The van der Waals surface area contributed by atoms with Crippen LogP contribution in [0.2, 0.25) is 0 Å². The fourth-order valence-electron chi connectivity index (χ4n) is 4.56. The van der Waals surface area contributed by atoms with Crippen LogP contribution in [0.25, 0.3) is 0 Å². The minimum atomic E-state index is -4.77. The normalized spacial score (nSPS) is 17.9. The molecule has 13 heteroatoms. The number of carbonyl (C=O) groups excluding carboxylic acids is 3. The zero-order valence-electron chi connectivity index (χ0n) is 20.8. The molecule has 2 aromatic rings. The molecular weight excluding hydrogens is 515 g/mol. The van der Waals surface area contributed by atoms with Gasteiger partial charge in [-0.1, -0.05) is 6.07 Å². The molecule has 0 radical (unpaired) electrons. The molecule has 1 aromatic heterocycles. The molecule has 0 N–H and O–H groups in total. The third-order valence-corrected chi connectivity index (χ3v) is 6.46. The number of ether oxygens (including phenoxy) is 1. The largest absolute Gasteiger partial charge is 0.444 e. The average Bonchev–Trinajstić information content (AvgIpc) is 3.01. The molecule has 1 spiro atoms. The number of hydrogen-bond donors (Lipinski definition) is 0. The van der Waals surface area contributed by atoms with Gasteiger partial charge in [0.25, 0.3) is 5.91 Å². The number of rotatable bonds is 3. The molecule has 1 aromatic carbocycles. The zero-order chi connectivity index (χ0) is 28.0. The van der Waals surface area contributed by atoms with Gasteiger partial charge in [-0.2, -0.15) is 13.2 Å². The maximum absolute atomic E-state index is 14.5. The van der Waals surface area contributed by atoms with E-state index in [1.165, 1.54) is 4.90 Å². The smallest absolute Gasteiger partial charge is 0.416 e. The molecule has 4 amide bonds. The summed E-state index contributed by atoms with van der Waals surface area (Å²) in [5.41, 5.74) is -4.08. The number of aromatic nitrogens is 1. The highest BCUT2D eigenvalue weighted by molar-refractivity contribution is 6.22. The average molecular weight is 540 g/mol. The van der Waals surface area contributed by atoms with Crippen LogP contribution in [0.3, 0.4) is 0 Å². The summed E-state index contributed by atoms with van der Waals surface area (Å²) in [7, 11) is 0. The number of piperidine rings is 1. The molecule has 2 fully saturated rings. The van der Waals surface area contributed by atoms with E-state index < -0.39 is 70.5 Å². The summed E-state index contributed by atoms with van der Waals surface area (Å²) in [6.07, 6.45) is -4.87. The van der Waals surface area contributed by atoms with Crippen molar-refractivity contribution >= 4 is 23.8 Å². The first-order chi connectivity index (χ1) is 17.6. The molecular formula is C25H25F5N4O4. The molecule has 0 unspecified atom stereocenters. The molecule has 38 heavy (non-hydrogen) atoms. The standard InChI is InChI=1S/C25H25F5N4O4/c1-23(2,3)38-22(37)32-11-8-24(9-12-32)20(35)34(19-13-15(7-10-31-19)25(28,29)30)21(36)33(24)14-16-17(26)5-4-6-18(16)27/h4-7,10,13H,8-9,11-12,14H2,1-3H3. The number of likely N-dealkylation sites (tertiary alicyclic amines) is 1. The summed E-state index contributed by atoms with van der Waals surface area (Å²) in [4.78, 5) is 46.4. The lowest BCUT2D eigenvalue weighted by molar-refractivity contribution is -0.137. The first-order valence-corrected chi connectivity index (χ1v) is 11.7. The molecule has 2 aliphatic rings. The number of benzene rings is 1. The maximum Gasteiger partial charge on any atom is 0.416 e. The van der Waals surface area contributed by atoms with Crippen molar-refractivity contribution in [3.63, 3.8) is 0 Å². The van der Waals surface area contributed by atoms with Gasteiger partial charge in [0, 0.05) is 24.8 Å². The van der Waals surface area contributed by atoms with E-state index in [0.717, 1.165) is 29.3 Å². The Morgan fingerprint density at radius 2 is 1.66 bits per heavy atom. The topological polar surface area (TPSA) is 83.0 Å². The number of nitrogens with zero attached hydrogens (tertiary/aromatic N) is 4. The molecule has 4 rings (SSSR count). The number of amides is 4. The van der Waals surface area contributed by atoms with Gasteiger partial charge in [-0.15, -0.1) is 0 Å². The number of hydrogen-bond acceptors (Lipinski definition) is 5. The first-order valence-electron chi connectivity index (χ1n) is 11.7. The summed E-state index contributed by atoms with van der Waals surface area (Å²) >= 11 is 0. The van der Waals surface area contributed by atoms with Crippen LogP contribution in [0.1, 0.15) is 44.7 Å². The van der Waals surface area contributed by atoms with E-state index in [4.69, 9.17) is 4.74 Å². The third kappa shape index (κ3) is 5.01. The number of carbonyl (C=O) groups is 3. The van der Waals surface area contributed by atoms with E-state index >= 15 is 0 Å². The van der Waals surface area contributed by atoms with Crippen molar-refractivity contribution in [1.29, 1.82) is 0 Å². The fraction of sp³-hybridized carbons (Fsp3) is 0.440. The van der Waals surface area contributed by atoms with Gasteiger partial charge >= 0.3 is 18.3 Å². The second-order valence-corrected chi connectivity index (χ2v) is 10.1. The van der Waals surface area contributed by atoms with Crippen molar-refractivity contribution in [2.24, 2.45) is 0 Å². The molecule has 2 aliphatic heterocycles. The first kappa shape index (κ1) is 27.3. The summed E-state index contributed by atoms with van der Waals surface area (Å²) in [5, 5.41) is 0. The Kier molecular flexibility index (Phi) is 6.83. The van der Waals surface area contributed by atoms with Crippen LogP contribution in [0.4, 0.5) is 37.4 Å². The number of pyridine rings is 1. The van der Waals surface area contributed by atoms with Crippen LogP contribution in [-0.2, 0) is 22.3 Å². The Morgan fingerprint density at radius 3 is 2.21 bits per heavy atom. The highest BCUT2D eigenvalue weighted by atomic mass is 19.4. The molecule has 8 nitrogen and oxygen atoms in total. The van der Waals surface area contributed by atoms with Crippen molar-refractivity contribution in [1.82, 2.24) is 14.8 Å². The van der Waals surface area contributed by atoms with E-state index in [-0.39, 0.29) is 25.9 Å². The SMILES string of the molecule is CC(C)(C)OC(=O)N1CCC2(CC1)C(=O)N(c1cc(C(F)(F)F)ccn1)C(=O)N2Cc1c(F)cccc1F. The molecule has 3 heterocycles. The van der Waals surface area contributed by atoms with E-state index in [1.54, 1.807) is 20.8 Å². The van der Waals surface area contributed by atoms with Crippen molar-refractivity contribution in [3.05, 3.63) is 59.3 Å². The van der Waals surface area contributed by atoms with Gasteiger partial charge in [0.05, 0.1) is 12.1 Å². The van der Waals surface area contributed by atoms with Crippen LogP contribution < -0.4 is 4.90 Å². The van der Waals surface area contributed by atoms with Crippen LogP contribution in [0, 0.1) is 11.6 Å². The minimum absolute atomic E-state index is 0.0476. The second kappa shape index (κ2) is 9.52. The number of urea groups is 1.